The number of pyridine rings is 1. The summed E-state index contributed by atoms with van der Waals surface area (Å²) < 4.78 is 0. The van der Waals surface area contributed by atoms with E-state index in [1.807, 2.05) is 4.90 Å². The van der Waals surface area contributed by atoms with Gasteiger partial charge in [-0.2, -0.15) is 0 Å². The number of nitrogens with zero attached hydrogens (tertiary/aromatic N) is 1. The monoisotopic (exact) mass is 274 g/mol. The van der Waals surface area contributed by atoms with E-state index in [0.29, 0.717) is 11.0 Å². The molecule has 2 heterocycles. The number of carbonyl (C=O) groups excluding carboxylic acids is 1. The Balaban J connectivity index is 1.66. The van der Waals surface area contributed by atoms with Crippen LogP contribution >= 0.6 is 0 Å². The molecule has 1 N–H and O–H groups in total. The van der Waals surface area contributed by atoms with E-state index in [1.165, 1.54) is 38.2 Å². The van der Waals surface area contributed by atoms with Crippen LogP contribution in [0.15, 0.2) is 23.1 Å². The molecule has 20 heavy (non-hydrogen) atoms. The number of amides is 1. The van der Waals surface area contributed by atoms with Gasteiger partial charge in [0.1, 0.15) is 0 Å². The van der Waals surface area contributed by atoms with Crippen molar-refractivity contribution in [2.45, 2.75) is 44.9 Å². The van der Waals surface area contributed by atoms with Gasteiger partial charge in [-0.05, 0) is 37.2 Å². The van der Waals surface area contributed by atoms with Crippen LogP contribution in [0, 0.1) is 5.41 Å². The topological polar surface area (TPSA) is 53.2 Å². The summed E-state index contributed by atoms with van der Waals surface area (Å²) in [6.07, 6.45) is 10.5. The zero-order chi connectivity index (χ0) is 14.0. The van der Waals surface area contributed by atoms with Gasteiger partial charge in [-0.25, -0.2) is 0 Å². The SMILES string of the molecule is O=C(c1cc[nH]c(=O)c1)N1CCC2(CCCCC2)CC1. The summed E-state index contributed by atoms with van der Waals surface area (Å²) in [6, 6.07) is 3.09. The van der Waals surface area contributed by atoms with Crippen LogP contribution in [0.1, 0.15) is 55.3 Å². The molecule has 3 rings (SSSR count). The first-order valence-electron chi connectivity index (χ1n) is 7.67. The summed E-state index contributed by atoms with van der Waals surface area (Å²) in [6.45, 7) is 1.68. The molecule has 1 amide bonds. The lowest BCUT2D eigenvalue weighted by atomic mass is 9.68. The maximum absolute atomic E-state index is 12.4. The van der Waals surface area contributed by atoms with Crippen molar-refractivity contribution in [1.82, 2.24) is 9.88 Å². The van der Waals surface area contributed by atoms with Crippen molar-refractivity contribution in [3.63, 3.8) is 0 Å². The van der Waals surface area contributed by atoms with Gasteiger partial charge in [-0.3, -0.25) is 9.59 Å². The lowest BCUT2D eigenvalue weighted by molar-refractivity contribution is 0.0472. The number of aromatic nitrogens is 1. The van der Waals surface area contributed by atoms with Gasteiger partial charge in [0.2, 0.25) is 5.56 Å². The molecule has 0 bridgehead atoms. The molecule has 1 aromatic rings. The lowest BCUT2D eigenvalue weighted by Crippen LogP contribution is -2.44. The molecule has 4 heteroatoms. The molecule has 1 aliphatic carbocycles. The number of H-pyrrole nitrogens is 1. The summed E-state index contributed by atoms with van der Waals surface area (Å²) >= 11 is 0. The molecule has 0 unspecified atom stereocenters. The standard InChI is InChI=1S/C16H22N2O2/c19-14-12-13(4-9-17-14)15(20)18-10-7-16(8-11-18)5-2-1-3-6-16/h4,9,12H,1-3,5-8,10-11H2,(H,17,19). The summed E-state index contributed by atoms with van der Waals surface area (Å²) in [5.41, 5.74) is 0.799. The highest BCUT2D eigenvalue weighted by Crippen LogP contribution is 2.44. The van der Waals surface area contributed by atoms with Gasteiger partial charge in [-0.1, -0.05) is 19.3 Å². The van der Waals surface area contributed by atoms with E-state index in [9.17, 15) is 9.59 Å². The summed E-state index contributed by atoms with van der Waals surface area (Å²) in [5, 5.41) is 0. The molecule has 1 saturated heterocycles. The van der Waals surface area contributed by atoms with Crippen molar-refractivity contribution in [3.8, 4) is 0 Å². The van der Waals surface area contributed by atoms with Gasteiger partial charge < -0.3 is 9.88 Å². The van der Waals surface area contributed by atoms with Gasteiger partial charge >= 0.3 is 0 Å². The minimum absolute atomic E-state index is 0.00163. The molecule has 1 aromatic heterocycles. The molecule has 1 spiro atoms. The average molecular weight is 274 g/mol. The Hall–Kier alpha value is -1.58. The predicted molar refractivity (Wildman–Crippen MR) is 77.7 cm³/mol. The van der Waals surface area contributed by atoms with Gasteiger partial charge in [0.15, 0.2) is 0 Å². The Bertz CT molecular complexity index is 533. The highest BCUT2D eigenvalue weighted by atomic mass is 16.2. The molecular formula is C16H22N2O2. The van der Waals surface area contributed by atoms with E-state index in [-0.39, 0.29) is 11.5 Å². The molecule has 0 radical (unpaired) electrons. The second-order valence-corrected chi connectivity index (χ2v) is 6.29. The van der Waals surface area contributed by atoms with E-state index in [4.69, 9.17) is 0 Å². The Labute approximate surface area is 119 Å². The molecule has 0 aromatic carbocycles. The summed E-state index contributed by atoms with van der Waals surface area (Å²) in [5.74, 6) is 0.00163. The van der Waals surface area contributed by atoms with Crippen LogP contribution in [-0.4, -0.2) is 28.9 Å². The molecule has 1 saturated carbocycles. The van der Waals surface area contributed by atoms with E-state index in [0.717, 1.165) is 25.9 Å². The quantitative estimate of drug-likeness (QED) is 0.855. The van der Waals surface area contributed by atoms with Gasteiger partial charge in [0.25, 0.3) is 5.91 Å². The number of carbonyl (C=O) groups is 1. The lowest BCUT2D eigenvalue weighted by Gasteiger charge is -2.44. The van der Waals surface area contributed by atoms with Gasteiger partial charge in [0.05, 0.1) is 0 Å². The third-order valence-electron chi connectivity index (χ3n) is 5.05. The molecule has 2 aliphatic rings. The molecule has 2 fully saturated rings. The fraction of sp³-hybridized carbons (Fsp3) is 0.625. The van der Waals surface area contributed by atoms with Crippen molar-refractivity contribution < 1.29 is 4.79 Å². The van der Waals surface area contributed by atoms with Gasteiger partial charge in [-0.15, -0.1) is 0 Å². The van der Waals surface area contributed by atoms with Gasteiger partial charge in [0, 0.05) is 30.9 Å². The largest absolute Gasteiger partial charge is 0.339 e. The number of aromatic amines is 1. The van der Waals surface area contributed by atoms with E-state index >= 15 is 0 Å². The Morgan fingerprint density at radius 3 is 2.45 bits per heavy atom. The minimum Gasteiger partial charge on any atom is -0.339 e. The number of rotatable bonds is 1. The highest BCUT2D eigenvalue weighted by Gasteiger charge is 2.36. The van der Waals surface area contributed by atoms with Crippen LogP contribution < -0.4 is 5.56 Å². The van der Waals surface area contributed by atoms with Crippen LogP contribution in [0.4, 0.5) is 0 Å². The van der Waals surface area contributed by atoms with Crippen LogP contribution in [-0.2, 0) is 0 Å². The maximum Gasteiger partial charge on any atom is 0.254 e. The molecule has 4 nitrogen and oxygen atoms in total. The second-order valence-electron chi connectivity index (χ2n) is 6.29. The number of hydrogen-bond acceptors (Lipinski definition) is 2. The second kappa shape index (κ2) is 5.43. The first kappa shape index (κ1) is 13.4. The Morgan fingerprint density at radius 1 is 1.10 bits per heavy atom. The molecule has 108 valence electrons. The first-order valence-corrected chi connectivity index (χ1v) is 7.67. The summed E-state index contributed by atoms with van der Waals surface area (Å²) in [7, 11) is 0. The zero-order valence-electron chi connectivity index (χ0n) is 11.9. The minimum atomic E-state index is -0.211. The summed E-state index contributed by atoms with van der Waals surface area (Å²) in [4.78, 5) is 28.2. The molecular weight excluding hydrogens is 252 g/mol. The van der Waals surface area contributed by atoms with Crippen molar-refractivity contribution in [3.05, 3.63) is 34.2 Å². The Kier molecular flexibility index (Phi) is 3.64. The number of nitrogens with one attached hydrogen (secondary N) is 1. The van der Waals surface area contributed by atoms with Crippen molar-refractivity contribution in [2.75, 3.05) is 13.1 Å². The third-order valence-corrected chi connectivity index (χ3v) is 5.05. The number of likely N-dealkylation sites (tertiary alicyclic amines) is 1. The highest BCUT2D eigenvalue weighted by molar-refractivity contribution is 5.94. The van der Waals surface area contributed by atoms with Crippen LogP contribution in [0.5, 0.6) is 0 Å². The number of piperidine rings is 1. The predicted octanol–water partition coefficient (Wildman–Crippen LogP) is 2.56. The molecule has 0 atom stereocenters. The van der Waals surface area contributed by atoms with E-state index < -0.39 is 0 Å². The van der Waals surface area contributed by atoms with Crippen molar-refractivity contribution in [1.29, 1.82) is 0 Å². The van der Waals surface area contributed by atoms with Crippen LogP contribution in [0.2, 0.25) is 0 Å². The average Bonchev–Trinajstić information content (AvgIpc) is 2.48. The third kappa shape index (κ3) is 2.65. The fourth-order valence-electron chi connectivity index (χ4n) is 3.75. The maximum atomic E-state index is 12.4. The zero-order valence-corrected chi connectivity index (χ0v) is 11.9. The first-order chi connectivity index (χ1) is 9.69. The number of hydrogen-bond donors (Lipinski definition) is 1. The van der Waals surface area contributed by atoms with E-state index in [1.54, 1.807) is 12.3 Å². The molecule has 1 aliphatic heterocycles. The van der Waals surface area contributed by atoms with Crippen molar-refractivity contribution >= 4 is 5.91 Å². The smallest absolute Gasteiger partial charge is 0.254 e. The van der Waals surface area contributed by atoms with Crippen LogP contribution in [0.25, 0.3) is 0 Å². The van der Waals surface area contributed by atoms with Crippen molar-refractivity contribution in [2.24, 2.45) is 5.41 Å². The Morgan fingerprint density at radius 2 is 1.80 bits per heavy atom. The van der Waals surface area contributed by atoms with E-state index in [2.05, 4.69) is 4.98 Å². The normalized spacial score (nSPS) is 21.9. The fourth-order valence-corrected chi connectivity index (χ4v) is 3.75. The van der Waals surface area contributed by atoms with Crippen LogP contribution in [0.3, 0.4) is 0 Å².